The zero-order valence-corrected chi connectivity index (χ0v) is 13.6. The lowest BCUT2D eigenvalue weighted by Gasteiger charge is -2.26. The van der Waals surface area contributed by atoms with Crippen LogP contribution in [0.5, 0.6) is 0 Å². The molecule has 0 heterocycles. The molecule has 1 aromatic rings. The Hall–Kier alpha value is -0.880. The minimum absolute atomic E-state index is 0.0704. The maximum Gasteiger partial charge on any atom is 0.337 e. The van der Waals surface area contributed by atoms with Gasteiger partial charge in [-0.25, -0.2) is 13.2 Å². The molecule has 1 N–H and O–H groups in total. The molecule has 0 amide bonds. The molecule has 1 fully saturated rings. The summed E-state index contributed by atoms with van der Waals surface area (Å²) in [5.74, 6) is -0.664. The third-order valence-electron chi connectivity index (χ3n) is 3.88. The van der Waals surface area contributed by atoms with Gasteiger partial charge in [0.2, 0.25) is 0 Å². The topological polar surface area (TPSA) is 71.4 Å². The highest BCUT2D eigenvalue weighted by atomic mass is 79.9. The molecule has 0 atom stereocenters. The highest BCUT2D eigenvalue weighted by molar-refractivity contribution is 9.10. The smallest absolute Gasteiger partial charge is 0.337 e. The van der Waals surface area contributed by atoms with Crippen LogP contribution in [-0.2, 0) is 9.84 Å². The highest BCUT2D eigenvalue weighted by Crippen LogP contribution is 2.33. The Kier molecular flexibility index (Phi) is 4.54. The second-order valence-corrected chi connectivity index (χ2v) is 8.48. The van der Waals surface area contributed by atoms with Gasteiger partial charge in [0.15, 0.2) is 9.84 Å². The highest BCUT2D eigenvalue weighted by Gasteiger charge is 2.33. The molecule has 6 heteroatoms. The van der Waals surface area contributed by atoms with Gasteiger partial charge < -0.3 is 5.11 Å². The van der Waals surface area contributed by atoms with E-state index in [1.165, 1.54) is 12.1 Å². The molecule has 0 aliphatic heterocycles. The first kappa shape index (κ1) is 15.5. The van der Waals surface area contributed by atoms with Gasteiger partial charge in [0, 0.05) is 4.47 Å². The lowest BCUT2D eigenvalue weighted by molar-refractivity contribution is 0.0692. The molecule has 0 saturated heterocycles. The van der Waals surface area contributed by atoms with E-state index in [0.717, 1.165) is 12.8 Å². The maximum absolute atomic E-state index is 12.7. The van der Waals surface area contributed by atoms with Crippen molar-refractivity contribution in [3.05, 3.63) is 28.2 Å². The molecule has 1 aliphatic rings. The van der Waals surface area contributed by atoms with Crippen LogP contribution in [-0.4, -0.2) is 24.7 Å². The summed E-state index contributed by atoms with van der Waals surface area (Å²) >= 11 is 3.21. The fourth-order valence-electron chi connectivity index (χ4n) is 2.63. The first-order valence-corrected chi connectivity index (χ1v) is 8.93. The zero-order valence-electron chi connectivity index (χ0n) is 11.2. The largest absolute Gasteiger partial charge is 0.478 e. The number of benzene rings is 1. The summed E-state index contributed by atoms with van der Waals surface area (Å²) in [7, 11) is -3.59. The number of hydrogen-bond acceptors (Lipinski definition) is 3. The Morgan fingerprint density at radius 1 is 1.25 bits per heavy atom. The summed E-state index contributed by atoms with van der Waals surface area (Å²) in [5.41, 5.74) is -0.146. The Labute approximate surface area is 127 Å². The van der Waals surface area contributed by atoms with Gasteiger partial charge in [-0.2, -0.15) is 0 Å². The van der Waals surface area contributed by atoms with Gasteiger partial charge in [0.05, 0.1) is 15.7 Å². The number of carboxylic acid groups (broad SMARTS) is 1. The van der Waals surface area contributed by atoms with E-state index in [9.17, 15) is 18.3 Å². The first-order chi connectivity index (χ1) is 9.32. The van der Waals surface area contributed by atoms with Crippen molar-refractivity contribution in [3.8, 4) is 0 Å². The van der Waals surface area contributed by atoms with Crippen LogP contribution >= 0.6 is 15.9 Å². The van der Waals surface area contributed by atoms with Crippen molar-refractivity contribution in [2.75, 3.05) is 0 Å². The van der Waals surface area contributed by atoms with Crippen molar-refractivity contribution < 1.29 is 18.3 Å². The zero-order chi connectivity index (χ0) is 14.9. The lowest BCUT2D eigenvalue weighted by Crippen LogP contribution is -2.27. The van der Waals surface area contributed by atoms with E-state index in [-0.39, 0.29) is 10.5 Å². The molecular weight excluding hydrogens is 344 g/mol. The summed E-state index contributed by atoms with van der Waals surface area (Å²) in [6.45, 7) is 2.12. The molecular formula is C14H17BrO4S. The van der Waals surface area contributed by atoms with E-state index >= 15 is 0 Å². The molecule has 0 radical (unpaired) electrons. The summed E-state index contributed by atoms with van der Waals surface area (Å²) in [6.07, 6.45) is 2.96. The Morgan fingerprint density at radius 3 is 2.40 bits per heavy atom. The molecule has 1 aliphatic carbocycles. The van der Waals surface area contributed by atoms with Gasteiger partial charge in [-0.15, -0.1) is 0 Å². The van der Waals surface area contributed by atoms with Crippen LogP contribution in [0.15, 0.2) is 27.6 Å². The predicted molar refractivity (Wildman–Crippen MR) is 79.7 cm³/mol. The Balaban J connectivity index is 2.43. The number of sulfone groups is 1. The summed E-state index contributed by atoms with van der Waals surface area (Å²) in [4.78, 5) is 11.2. The number of carboxylic acids is 1. The summed E-state index contributed by atoms with van der Waals surface area (Å²) < 4.78 is 25.9. The van der Waals surface area contributed by atoms with E-state index in [1.54, 1.807) is 6.07 Å². The molecule has 4 nitrogen and oxygen atoms in total. The fourth-order valence-corrected chi connectivity index (χ4v) is 5.15. The van der Waals surface area contributed by atoms with Gasteiger partial charge in [-0.05, 0) is 49.8 Å². The maximum atomic E-state index is 12.7. The van der Waals surface area contributed by atoms with Gasteiger partial charge in [-0.1, -0.05) is 22.9 Å². The predicted octanol–water partition coefficient (Wildman–Crippen LogP) is 3.50. The number of halogens is 1. The van der Waals surface area contributed by atoms with Crippen LogP contribution in [0.2, 0.25) is 0 Å². The summed E-state index contributed by atoms with van der Waals surface area (Å²) in [6, 6.07) is 4.28. The van der Waals surface area contributed by atoms with Gasteiger partial charge >= 0.3 is 5.97 Å². The minimum Gasteiger partial charge on any atom is -0.478 e. The second kappa shape index (κ2) is 5.85. The molecule has 2 rings (SSSR count). The third-order valence-corrected chi connectivity index (χ3v) is 6.68. The summed E-state index contributed by atoms with van der Waals surface area (Å²) in [5, 5.41) is 8.71. The van der Waals surface area contributed by atoms with Crippen LogP contribution in [0.4, 0.5) is 0 Å². The fraction of sp³-hybridized carbons (Fsp3) is 0.500. The molecule has 0 spiro atoms. The minimum atomic E-state index is -3.59. The molecule has 0 unspecified atom stereocenters. The van der Waals surface area contributed by atoms with Crippen LogP contribution in [0.25, 0.3) is 0 Å². The Bertz CT molecular complexity index is 616. The number of hydrogen-bond donors (Lipinski definition) is 1. The molecule has 0 bridgehead atoms. The van der Waals surface area contributed by atoms with E-state index < -0.39 is 21.1 Å². The van der Waals surface area contributed by atoms with Crippen molar-refractivity contribution in [2.24, 2.45) is 5.92 Å². The van der Waals surface area contributed by atoms with Gasteiger partial charge in [0.1, 0.15) is 0 Å². The SMILES string of the molecule is CC1CCC(S(=O)(=O)c2cc(Br)ccc2C(=O)O)CC1. The quantitative estimate of drug-likeness (QED) is 0.895. The van der Waals surface area contributed by atoms with E-state index in [1.807, 2.05) is 0 Å². The average molecular weight is 361 g/mol. The first-order valence-electron chi connectivity index (χ1n) is 6.59. The molecule has 1 saturated carbocycles. The average Bonchev–Trinajstić information content (AvgIpc) is 2.38. The second-order valence-electron chi connectivity index (χ2n) is 5.37. The van der Waals surface area contributed by atoms with Gasteiger partial charge in [-0.3, -0.25) is 0 Å². The van der Waals surface area contributed by atoms with Crippen LogP contribution in [0.1, 0.15) is 43.0 Å². The van der Waals surface area contributed by atoms with E-state index in [4.69, 9.17) is 0 Å². The van der Waals surface area contributed by atoms with Gasteiger partial charge in [0.25, 0.3) is 0 Å². The van der Waals surface area contributed by atoms with Crippen LogP contribution in [0.3, 0.4) is 0 Å². The molecule has 110 valence electrons. The molecule has 0 aromatic heterocycles. The van der Waals surface area contributed by atoms with Crippen LogP contribution in [0, 0.1) is 5.92 Å². The van der Waals surface area contributed by atoms with E-state index in [0.29, 0.717) is 23.2 Å². The third kappa shape index (κ3) is 3.06. The number of rotatable bonds is 3. The number of carbonyl (C=O) groups is 1. The molecule has 1 aromatic carbocycles. The van der Waals surface area contributed by atoms with E-state index in [2.05, 4.69) is 22.9 Å². The van der Waals surface area contributed by atoms with Crippen molar-refractivity contribution in [1.29, 1.82) is 0 Å². The van der Waals surface area contributed by atoms with Crippen molar-refractivity contribution >= 4 is 31.7 Å². The van der Waals surface area contributed by atoms with Crippen molar-refractivity contribution in [2.45, 2.75) is 42.8 Å². The standard InChI is InChI=1S/C14H17BrO4S/c1-9-2-5-11(6-3-9)20(18,19)13-8-10(15)4-7-12(13)14(16)17/h4,7-9,11H,2-3,5-6H2,1H3,(H,16,17). The lowest BCUT2D eigenvalue weighted by atomic mass is 9.91. The normalized spacial score (nSPS) is 23.5. The van der Waals surface area contributed by atoms with Crippen molar-refractivity contribution in [3.63, 3.8) is 0 Å². The van der Waals surface area contributed by atoms with Crippen molar-refractivity contribution in [1.82, 2.24) is 0 Å². The van der Waals surface area contributed by atoms with Crippen LogP contribution < -0.4 is 0 Å². The monoisotopic (exact) mass is 360 g/mol. The molecule has 20 heavy (non-hydrogen) atoms. The Morgan fingerprint density at radius 2 is 1.85 bits per heavy atom. The number of aromatic carboxylic acids is 1.